The SMILES string of the molecule is CCCCCCCN[C@H](CO)Cc1ccccc1. The van der Waals surface area contributed by atoms with E-state index < -0.39 is 0 Å². The molecule has 102 valence electrons. The highest BCUT2D eigenvalue weighted by Gasteiger charge is 2.06. The number of aliphatic hydroxyl groups is 1. The maximum atomic E-state index is 9.37. The van der Waals surface area contributed by atoms with Gasteiger partial charge in [0, 0.05) is 6.04 Å². The first-order valence-corrected chi connectivity index (χ1v) is 7.25. The van der Waals surface area contributed by atoms with E-state index in [-0.39, 0.29) is 12.6 Å². The van der Waals surface area contributed by atoms with E-state index in [0.29, 0.717) is 0 Å². The summed E-state index contributed by atoms with van der Waals surface area (Å²) in [6, 6.07) is 10.6. The largest absolute Gasteiger partial charge is 0.395 e. The Bertz CT molecular complexity index is 286. The van der Waals surface area contributed by atoms with Gasteiger partial charge in [0.05, 0.1) is 6.61 Å². The summed E-state index contributed by atoms with van der Waals surface area (Å²) in [5.41, 5.74) is 1.29. The Morgan fingerprint density at radius 1 is 1.06 bits per heavy atom. The highest BCUT2D eigenvalue weighted by atomic mass is 16.3. The number of nitrogens with one attached hydrogen (secondary N) is 1. The smallest absolute Gasteiger partial charge is 0.0587 e. The van der Waals surface area contributed by atoms with Crippen LogP contribution in [0.3, 0.4) is 0 Å². The molecule has 0 fully saturated rings. The van der Waals surface area contributed by atoms with Gasteiger partial charge >= 0.3 is 0 Å². The number of rotatable bonds is 10. The summed E-state index contributed by atoms with van der Waals surface area (Å²) in [5.74, 6) is 0. The predicted octanol–water partition coefficient (Wildman–Crippen LogP) is 3.15. The molecule has 0 unspecified atom stereocenters. The minimum atomic E-state index is 0.193. The van der Waals surface area contributed by atoms with Gasteiger partial charge in [-0.1, -0.05) is 62.9 Å². The molecule has 0 amide bonds. The molecular weight excluding hydrogens is 222 g/mol. The van der Waals surface area contributed by atoms with Crippen molar-refractivity contribution in [3.8, 4) is 0 Å². The van der Waals surface area contributed by atoms with E-state index >= 15 is 0 Å². The third-order valence-corrected chi connectivity index (χ3v) is 3.26. The van der Waals surface area contributed by atoms with Gasteiger partial charge in [-0.2, -0.15) is 0 Å². The minimum absolute atomic E-state index is 0.193. The van der Waals surface area contributed by atoms with Gasteiger partial charge in [-0.25, -0.2) is 0 Å². The molecule has 0 aliphatic rings. The predicted molar refractivity (Wildman–Crippen MR) is 77.8 cm³/mol. The van der Waals surface area contributed by atoms with E-state index in [1.54, 1.807) is 0 Å². The van der Waals surface area contributed by atoms with Gasteiger partial charge in [-0.3, -0.25) is 0 Å². The third-order valence-electron chi connectivity index (χ3n) is 3.26. The average Bonchev–Trinajstić information content (AvgIpc) is 2.42. The van der Waals surface area contributed by atoms with Gasteiger partial charge in [-0.15, -0.1) is 0 Å². The van der Waals surface area contributed by atoms with Crippen molar-refractivity contribution in [3.05, 3.63) is 35.9 Å². The zero-order valence-electron chi connectivity index (χ0n) is 11.6. The maximum absolute atomic E-state index is 9.37. The zero-order valence-corrected chi connectivity index (χ0v) is 11.6. The molecule has 2 nitrogen and oxygen atoms in total. The van der Waals surface area contributed by atoms with E-state index in [2.05, 4.69) is 36.5 Å². The van der Waals surface area contributed by atoms with Crippen molar-refractivity contribution < 1.29 is 5.11 Å². The van der Waals surface area contributed by atoms with Crippen molar-refractivity contribution >= 4 is 0 Å². The first-order chi connectivity index (χ1) is 8.86. The summed E-state index contributed by atoms with van der Waals surface area (Å²) in [5, 5.41) is 12.8. The molecule has 1 rings (SSSR count). The molecule has 0 aliphatic carbocycles. The topological polar surface area (TPSA) is 32.3 Å². The van der Waals surface area contributed by atoms with Crippen LogP contribution in [-0.2, 0) is 6.42 Å². The summed E-state index contributed by atoms with van der Waals surface area (Å²) in [7, 11) is 0. The normalized spacial score (nSPS) is 12.6. The fourth-order valence-corrected chi connectivity index (χ4v) is 2.13. The standard InChI is InChI=1S/C16H27NO/c1-2-3-4-5-9-12-17-16(14-18)13-15-10-7-6-8-11-15/h6-8,10-11,16-18H,2-5,9,12-14H2,1H3/t16-/m0/s1. The van der Waals surface area contributed by atoms with Crippen molar-refractivity contribution in [1.82, 2.24) is 5.32 Å². The Morgan fingerprint density at radius 3 is 2.44 bits per heavy atom. The second-order valence-electron chi connectivity index (χ2n) is 4.94. The van der Waals surface area contributed by atoms with Crippen molar-refractivity contribution in [2.24, 2.45) is 0 Å². The van der Waals surface area contributed by atoms with E-state index in [0.717, 1.165) is 13.0 Å². The monoisotopic (exact) mass is 249 g/mol. The van der Waals surface area contributed by atoms with Gasteiger partial charge in [0.25, 0.3) is 0 Å². The summed E-state index contributed by atoms with van der Waals surface area (Å²) in [6.45, 7) is 3.46. The van der Waals surface area contributed by atoms with Crippen LogP contribution in [0.25, 0.3) is 0 Å². The number of unbranched alkanes of at least 4 members (excludes halogenated alkanes) is 4. The average molecular weight is 249 g/mol. The second kappa shape index (κ2) is 10.1. The number of benzene rings is 1. The molecule has 0 aromatic heterocycles. The number of hydrogen-bond acceptors (Lipinski definition) is 2. The molecule has 0 bridgehead atoms. The molecule has 0 spiro atoms. The molecular formula is C16H27NO. The van der Waals surface area contributed by atoms with Crippen LogP contribution in [0.15, 0.2) is 30.3 Å². The fourth-order valence-electron chi connectivity index (χ4n) is 2.13. The first-order valence-electron chi connectivity index (χ1n) is 7.25. The van der Waals surface area contributed by atoms with Gasteiger partial charge in [0.1, 0.15) is 0 Å². The maximum Gasteiger partial charge on any atom is 0.0587 e. The molecule has 1 aromatic carbocycles. The molecule has 0 saturated heterocycles. The highest BCUT2D eigenvalue weighted by molar-refractivity contribution is 5.15. The van der Waals surface area contributed by atoms with Crippen LogP contribution in [0.2, 0.25) is 0 Å². The van der Waals surface area contributed by atoms with Crippen LogP contribution in [-0.4, -0.2) is 24.3 Å². The Balaban J connectivity index is 2.14. The van der Waals surface area contributed by atoms with Gasteiger partial charge in [0.2, 0.25) is 0 Å². The lowest BCUT2D eigenvalue weighted by atomic mass is 10.1. The van der Waals surface area contributed by atoms with Gasteiger partial charge < -0.3 is 10.4 Å². The molecule has 18 heavy (non-hydrogen) atoms. The molecule has 0 aliphatic heterocycles. The molecule has 0 radical (unpaired) electrons. The highest BCUT2D eigenvalue weighted by Crippen LogP contribution is 2.04. The van der Waals surface area contributed by atoms with Crippen LogP contribution in [0.5, 0.6) is 0 Å². The lowest BCUT2D eigenvalue weighted by Gasteiger charge is -2.16. The zero-order chi connectivity index (χ0) is 13.1. The Hall–Kier alpha value is -0.860. The lowest BCUT2D eigenvalue weighted by Crippen LogP contribution is -2.35. The molecule has 1 aromatic rings. The van der Waals surface area contributed by atoms with Crippen molar-refractivity contribution in [2.45, 2.75) is 51.5 Å². The Kier molecular flexibility index (Phi) is 8.53. The van der Waals surface area contributed by atoms with E-state index in [4.69, 9.17) is 0 Å². The van der Waals surface area contributed by atoms with Crippen molar-refractivity contribution in [3.63, 3.8) is 0 Å². The van der Waals surface area contributed by atoms with Gasteiger partial charge in [-0.05, 0) is 24.9 Å². The Morgan fingerprint density at radius 2 is 1.78 bits per heavy atom. The molecule has 1 atom stereocenters. The molecule has 0 saturated carbocycles. The quantitative estimate of drug-likeness (QED) is 0.624. The third kappa shape index (κ3) is 6.77. The first kappa shape index (κ1) is 15.2. The van der Waals surface area contributed by atoms with E-state index in [1.807, 2.05) is 6.07 Å². The molecule has 2 N–H and O–H groups in total. The summed E-state index contributed by atoms with van der Waals surface area (Å²) >= 11 is 0. The lowest BCUT2D eigenvalue weighted by molar-refractivity contribution is 0.241. The van der Waals surface area contributed by atoms with Crippen LogP contribution < -0.4 is 5.32 Å². The van der Waals surface area contributed by atoms with E-state index in [9.17, 15) is 5.11 Å². The number of aliphatic hydroxyl groups excluding tert-OH is 1. The minimum Gasteiger partial charge on any atom is -0.395 e. The summed E-state index contributed by atoms with van der Waals surface area (Å²) in [6.07, 6.45) is 7.39. The van der Waals surface area contributed by atoms with Crippen molar-refractivity contribution in [1.29, 1.82) is 0 Å². The van der Waals surface area contributed by atoms with Crippen LogP contribution >= 0.6 is 0 Å². The molecule has 2 heteroatoms. The summed E-state index contributed by atoms with van der Waals surface area (Å²) in [4.78, 5) is 0. The fraction of sp³-hybridized carbons (Fsp3) is 0.625. The van der Waals surface area contributed by atoms with Crippen LogP contribution in [0.1, 0.15) is 44.6 Å². The summed E-state index contributed by atoms with van der Waals surface area (Å²) < 4.78 is 0. The number of hydrogen-bond donors (Lipinski definition) is 2. The van der Waals surface area contributed by atoms with E-state index in [1.165, 1.54) is 37.7 Å². The van der Waals surface area contributed by atoms with Gasteiger partial charge in [0.15, 0.2) is 0 Å². The van der Waals surface area contributed by atoms with Crippen LogP contribution in [0, 0.1) is 0 Å². The van der Waals surface area contributed by atoms with Crippen molar-refractivity contribution in [2.75, 3.05) is 13.2 Å². The molecule has 0 heterocycles. The van der Waals surface area contributed by atoms with Crippen LogP contribution in [0.4, 0.5) is 0 Å². The Labute approximate surface area is 111 Å². The second-order valence-corrected chi connectivity index (χ2v) is 4.94.